The summed E-state index contributed by atoms with van der Waals surface area (Å²) < 4.78 is 16.6. The third kappa shape index (κ3) is 38.4. The number of hydrogen-bond donors (Lipinski definition) is 0. The third-order valence-electron chi connectivity index (χ3n) is 8.82. The van der Waals surface area contributed by atoms with Gasteiger partial charge in [-0.05, 0) is 70.6 Å². The summed E-state index contributed by atoms with van der Waals surface area (Å²) in [6.45, 7) is 6.40. The van der Waals surface area contributed by atoms with Gasteiger partial charge in [-0.25, -0.2) is 0 Å². The molecular formula is C45H78O6. The number of rotatable bonds is 37. The minimum Gasteiger partial charge on any atom is -0.462 e. The van der Waals surface area contributed by atoms with Crippen molar-refractivity contribution in [2.75, 3.05) is 13.2 Å². The van der Waals surface area contributed by atoms with Crippen LogP contribution in [-0.4, -0.2) is 37.2 Å². The molecule has 1 atom stereocenters. The molecule has 6 heteroatoms. The molecule has 0 aromatic carbocycles. The maximum Gasteiger partial charge on any atom is 0.306 e. The Balaban J connectivity index is 4.45. The van der Waals surface area contributed by atoms with Crippen molar-refractivity contribution < 1.29 is 28.6 Å². The fraction of sp³-hybridized carbons (Fsp3) is 0.756. The van der Waals surface area contributed by atoms with Crippen molar-refractivity contribution in [3.8, 4) is 0 Å². The summed E-state index contributed by atoms with van der Waals surface area (Å²) in [5, 5.41) is 0. The zero-order chi connectivity index (χ0) is 37.3. The molecule has 0 saturated carbocycles. The van der Waals surface area contributed by atoms with Crippen LogP contribution in [0.5, 0.6) is 0 Å². The Morgan fingerprint density at radius 3 is 1.33 bits per heavy atom. The standard InChI is InChI=1S/C45H78O6/c1-4-7-10-13-16-19-21-23-26-29-32-35-38-44(47)50-41-42(40-49-43(46)37-34-31-28-25-18-15-12-9-6-3)51-45(48)39-36-33-30-27-24-22-20-17-14-11-8-5-2/h7,10,16,19,23,25-26,28,42H,4-6,8-9,11-15,17-18,20-22,24,27,29-41H2,1-3H3/b10-7-,19-16-,26-23-,28-25-. The maximum atomic E-state index is 12.7. The molecule has 0 radical (unpaired) electrons. The van der Waals surface area contributed by atoms with Gasteiger partial charge in [-0.2, -0.15) is 0 Å². The van der Waals surface area contributed by atoms with E-state index < -0.39 is 6.10 Å². The quantitative estimate of drug-likeness (QED) is 0.0276. The Morgan fingerprint density at radius 2 is 0.784 bits per heavy atom. The molecule has 0 amide bonds. The Labute approximate surface area is 314 Å². The zero-order valence-electron chi connectivity index (χ0n) is 33.4. The molecule has 6 nitrogen and oxygen atoms in total. The van der Waals surface area contributed by atoms with Crippen LogP contribution in [-0.2, 0) is 28.6 Å². The number of esters is 3. The predicted molar refractivity (Wildman–Crippen MR) is 215 cm³/mol. The monoisotopic (exact) mass is 715 g/mol. The molecule has 0 N–H and O–H groups in total. The summed E-state index contributed by atoms with van der Waals surface area (Å²) in [4.78, 5) is 37.5. The lowest BCUT2D eigenvalue weighted by Crippen LogP contribution is -2.30. The van der Waals surface area contributed by atoms with E-state index in [1.165, 1.54) is 83.5 Å². The lowest BCUT2D eigenvalue weighted by molar-refractivity contribution is -0.167. The minimum absolute atomic E-state index is 0.0995. The molecule has 0 aliphatic rings. The molecule has 0 aromatic rings. The van der Waals surface area contributed by atoms with Gasteiger partial charge in [0.25, 0.3) is 0 Å². The first-order valence-corrected chi connectivity index (χ1v) is 21.1. The van der Waals surface area contributed by atoms with Crippen LogP contribution >= 0.6 is 0 Å². The molecule has 0 bridgehead atoms. The van der Waals surface area contributed by atoms with Gasteiger partial charge in [0.05, 0.1) is 0 Å². The highest BCUT2D eigenvalue weighted by molar-refractivity contribution is 5.71. The second kappa shape index (κ2) is 40.1. The minimum atomic E-state index is -0.792. The van der Waals surface area contributed by atoms with E-state index in [4.69, 9.17) is 14.2 Å². The van der Waals surface area contributed by atoms with E-state index in [1.54, 1.807) is 0 Å². The third-order valence-corrected chi connectivity index (χ3v) is 8.82. The summed E-state index contributed by atoms with van der Waals surface area (Å²) in [6.07, 6.45) is 45.3. The number of hydrogen-bond acceptors (Lipinski definition) is 6. The first kappa shape index (κ1) is 48.4. The summed E-state index contributed by atoms with van der Waals surface area (Å²) >= 11 is 0. The van der Waals surface area contributed by atoms with Crippen molar-refractivity contribution in [1.82, 2.24) is 0 Å². The van der Waals surface area contributed by atoms with Crippen LogP contribution in [0.4, 0.5) is 0 Å². The zero-order valence-corrected chi connectivity index (χ0v) is 33.4. The smallest absolute Gasteiger partial charge is 0.306 e. The van der Waals surface area contributed by atoms with Crippen LogP contribution in [0.25, 0.3) is 0 Å². The molecule has 1 unspecified atom stereocenters. The van der Waals surface area contributed by atoms with Crippen molar-refractivity contribution in [3.05, 3.63) is 48.6 Å². The average Bonchev–Trinajstić information content (AvgIpc) is 3.12. The second-order valence-electron chi connectivity index (χ2n) is 13.9. The molecule has 0 saturated heterocycles. The summed E-state index contributed by atoms with van der Waals surface area (Å²) in [5.74, 6) is -0.976. The molecular weight excluding hydrogens is 636 g/mol. The highest BCUT2D eigenvalue weighted by Gasteiger charge is 2.19. The predicted octanol–water partition coefficient (Wildman–Crippen LogP) is 13.2. The molecule has 0 heterocycles. The normalized spacial score (nSPS) is 12.5. The summed E-state index contributed by atoms with van der Waals surface area (Å²) in [6, 6.07) is 0. The fourth-order valence-electron chi connectivity index (χ4n) is 5.63. The van der Waals surface area contributed by atoms with Crippen molar-refractivity contribution in [2.24, 2.45) is 0 Å². The Kier molecular flexibility index (Phi) is 38.1. The number of ether oxygens (including phenoxy) is 3. The Bertz CT molecular complexity index is 918. The second-order valence-corrected chi connectivity index (χ2v) is 13.9. The number of carbonyl (C=O) groups is 3. The van der Waals surface area contributed by atoms with Crippen molar-refractivity contribution in [3.63, 3.8) is 0 Å². The van der Waals surface area contributed by atoms with Gasteiger partial charge in [0.2, 0.25) is 0 Å². The van der Waals surface area contributed by atoms with E-state index in [9.17, 15) is 14.4 Å². The van der Waals surface area contributed by atoms with E-state index in [0.29, 0.717) is 25.7 Å². The SMILES string of the molecule is CC/C=C\C/C=C\C/C=C\CCCCC(=O)OCC(COC(=O)CCC/C=C\CCCCCC)OC(=O)CCCCCCCCCCCCCC. The van der Waals surface area contributed by atoms with Crippen molar-refractivity contribution >= 4 is 17.9 Å². The largest absolute Gasteiger partial charge is 0.462 e. The highest BCUT2D eigenvalue weighted by Crippen LogP contribution is 2.14. The van der Waals surface area contributed by atoms with Crippen molar-refractivity contribution in [1.29, 1.82) is 0 Å². The van der Waals surface area contributed by atoms with Gasteiger partial charge in [-0.15, -0.1) is 0 Å². The Morgan fingerprint density at radius 1 is 0.412 bits per heavy atom. The van der Waals surface area contributed by atoms with Crippen LogP contribution in [0.1, 0.15) is 201 Å². The fourth-order valence-corrected chi connectivity index (χ4v) is 5.63. The molecule has 0 spiro atoms. The molecule has 0 aliphatic heterocycles. The van der Waals surface area contributed by atoms with E-state index >= 15 is 0 Å². The molecule has 0 rings (SSSR count). The van der Waals surface area contributed by atoms with Crippen molar-refractivity contribution in [2.45, 2.75) is 207 Å². The van der Waals surface area contributed by atoms with Crippen LogP contribution in [0.15, 0.2) is 48.6 Å². The van der Waals surface area contributed by atoms with Gasteiger partial charge in [-0.3, -0.25) is 14.4 Å². The van der Waals surface area contributed by atoms with Crippen LogP contribution < -0.4 is 0 Å². The van der Waals surface area contributed by atoms with Gasteiger partial charge < -0.3 is 14.2 Å². The number of allylic oxidation sites excluding steroid dienone is 8. The topological polar surface area (TPSA) is 78.9 Å². The van der Waals surface area contributed by atoms with Crippen LogP contribution in [0.2, 0.25) is 0 Å². The average molecular weight is 715 g/mol. The lowest BCUT2D eigenvalue weighted by Gasteiger charge is -2.18. The first-order chi connectivity index (χ1) is 25.0. The van der Waals surface area contributed by atoms with Gasteiger partial charge in [-0.1, -0.05) is 159 Å². The molecule has 0 fully saturated rings. The highest BCUT2D eigenvalue weighted by atomic mass is 16.6. The molecule has 0 aliphatic carbocycles. The molecule has 294 valence electrons. The van der Waals surface area contributed by atoms with E-state index in [2.05, 4.69) is 69.4 Å². The summed E-state index contributed by atoms with van der Waals surface area (Å²) in [5.41, 5.74) is 0. The van der Waals surface area contributed by atoms with Gasteiger partial charge in [0.1, 0.15) is 13.2 Å². The van der Waals surface area contributed by atoms with Gasteiger partial charge in [0, 0.05) is 19.3 Å². The summed E-state index contributed by atoms with van der Waals surface area (Å²) in [7, 11) is 0. The van der Waals surface area contributed by atoms with E-state index in [1.807, 2.05) is 0 Å². The van der Waals surface area contributed by atoms with Gasteiger partial charge in [0.15, 0.2) is 6.10 Å². The van der Waals surface area contributed by atoms with Crippen LogP contribution in [0.3, 0.4) is 0 Å². The van der Waals surface area contributed by atoms with E-state index in [-0.39, 0.29) is 31.1 Å². The van der Waals surface area contributed by atoms with E-state index in [0.717, 1.165) is 70.6 Å². The first-order valence-electron chi connectivity index (χ1n) is 21.1. The number of carbonyl (C=O) groups excluding carboxylic acids is 3. The number of unbranched alkanes of at least 4 members (excludes halogenated alkanes) is 18. The Hall–Kier alpha value is -2.63. The molecule has 51 heavy (non-hydrogen) atoms. The molecule has 0 aromatic heterocycles. The maximum absolute atomic E-state index is 12.7. The lowest BCUT2D eigenvalue weighted by atomic mass is 10.0. The van der Waals surface area contributed by atoms with Gasteiger partial charge >= 0.3 is 17.9 Å². The van der Waals surface area contributed by atoms with Crippen LogP contribution in [0, 0.1) is 0 Å².